The van der Waals surface area contributed by atoms with Crippen molar-refractivity contribution in [1.29, 1.82) is 0 Å². The van der Waals surface area contributed by atoms with Crippen LogP contribution in [0.4, 0.5) is 5.69 Å². The second kappa shape index (κ2) is 11.1. The Morgan fingerprint density at radius 3 is 2.38 bits per heavy atom. The van der Waals surface area contributed by atoms with Crippen molar-refractivity contribution in [1.82, 2.24) is 0 Å². The zero-order valence-corrected chi connectivity index (χ0v) is 18.2. The van der Waals surface area contributed by atoms with Crippen LogP contribution in [0.3, 0.4) is 0 Å². The van der Waals surface area contributed by atoms with Gasteiger partial charge in [0.15, 0.2) is 0 Å². The van der Waals surface area contributed by atoms with Crippen LogP contribution in [-0.4, -0.2) is 32.5 Å². The standard InChI is InChI=1S/C17H21N2OP.2ClH.Ti/c1-12-5-8-16(13(9-12)11-18-2)21-17-10-14(19(3)4)6-7-15(17)20;;;/h5-11,20-21H,1-4H3;2*1H;/q;;;+2/p-2. The molecule has 0 saturated heterocycles. The number of halogens is 2. The molecular weight excluding hydrogens is 398 g/mol. The van der Waals surface area contributed by atoms with Gasteiger partial charge >= 0.3 is 35.6 Å². The third kappa shape index (κ3) is 6.74. The number of aromatic hydroxyl groups is 1. The molecule has 0 aliphatic carbocycles. The van der Waals surface area contributed by atoms with Gasteiger partial charge in [-0.1, -0.05) is 26.3 Å². The second-order valence-corrected chi connectivity index (χ2v) is 9.18. The van der Waals surface area contributed by atoms with E-state index in [1.807, 2.05) is 37.3 Å². The first-order valence-corrected chi connectivity index (χ1v) is 12.5. The van der Waals surface area contributed by atoms with Gasteiger partial charge in [-0.05, 0) is 36.5 Å². The molecule has 2 aromatic rings. The average Bonchev–Trinajstić information content (AvgIpc) is 2.52. The van der Waals surface area contributed by atoms with E-state index in [1.54, 1.807) is 13.1 Å². The van der Waals surface area contributed by atoms with Crippen molar-refractivity contribution in [3.63, 3.8) is 0 Å². The number of hydrogen-bond donors (Lipinski definition) is 1. The first kappa shape index (κ1) is 21.5. The number of aryl methyl sites for hydroxylation is 1. The molecule has 0 radical (unpaired) electrons. The molecule has 0 fully saturated rings. The van der Waals surface area contributed by atoms with Crippen LogP contribution in [0.1, 0.15) is 11.1 Å². The second-order valence-electron chi connectivity index (χ2n) is 5.27. The van der Waals surface area contributed by atoms with Crippen molar-refractivity contribution in [2.75, 3.05) is 26.0 Å². The van der Waals surface area contributed by atoms with E-state index >= 15 is 0 Å². The van der Waals surface area contributed by atoms with Crippen molar-refractivity contribution in [2.24, 2.45) is 4.99 Å². The summed E-state index contributed by atoms with van der Waals surface area (Å²) in [6, 6.07) is 12.1. The Morgan fingerprint density at radius 2 is 1.79 bits per heavy atom. The minimum absolute atomic E-state index is 0.346. The van der Waals surface area contributed by atoms with Crippen LogP contribution < -0.4 is 15.5 Å². The Balaban J connectivity index is 0.000000891. The van der Waals surface area contributed by atoms with Crippen molar-refractivity contribution in [2.45, 2.75) is 6.92 Å². The Bertz CT molecular complexity index is 696. The van der Waals surface area contributed by atoms with Crippen LogP contribution >= 0.6 is 27.2 Å². The molecule has 1 N–H and O–H groups in total. The summed E-state index contributed by atoms with van der Waals surface area (Å²) in [7, 11) is 16.0. The van der Waals surface area contributed by atoms with Crippen molar-refractivity contribution in [3.8, 4) is 5.75 Å². The number of rotatable bonds is 4. The summed E-state index contributed by atoms with van der Waals surface area (Å²) >= 11 is -0.556. The summed E-state index contributed by atoms with van der Waals surface area (Å²) in [6.45, 7) is 2.07. The van der Waals surface area contributed by atoms with Gasteiger partial charge in [-0.25, -0.2) is 0 Å². The molecule has 1 unspecified atom stereocenters. The predicted octanol–water partition coefficient (Wildman–Crippen LogP) is 3.82. The first-order chi connectivity index (χ1) is 11.4. The summed E-state index contributed by atoms with van der Waals surface area (Å²) in [5.74, 6) is 0.346. The molecule has 128 valence electrons. The maximum atomic E-state index is 10.1. The molecule has 2 rings (SSSR count). The summed E-state index contributed by atoms with van der Waals surface area (Å²) < 4.78 is 0. The quantitative estimate of drug-likeness (QED) is 0.465. The number of phenolic OH excluding ortho intramolecular Hbond substituents is 1. The monoisotopic (exact) mass is 418 g/mol. The summed E-state index contributed by atoms with van der Waals surface area (Å²) in [5, 5.41) is 12.3. The van der Waals surface area contributed by atoms with Crippen molar-refractivity contribution < 1.29 is 22.1 Å². The summed E-state index contributed by atoms with van der Waals surface area (Å²) in [4.78, 5) is 6.16. The van der Waals surface area contributed by atoms with E-state index in [0.717, 1.165) is 16.6 Å². The van der Waals surface area contributed by atoms with Gasteiger partial charge in [0.25, 0.3) is 0 Å². The molecule has 1 atom stereocenters. The Labute approximate surface area is 162 Å². The van der Waals surface area contributed by atoms with Gasteiger partial charge in [0.05, 0.1) is 0 Å². The number of hydrogen-bond acceptors (Lipinski definition) is 3. The molecule has 0 aliphatic heterocycles. The molecule has 2 aromatic carbocycles. The fraction of sp³-hybridized carbons (Fsp3) is 0.235. The van der Waals surface area contributed by atoms with Gasteiger partial charge in [-0.2, -0.15) is 0 Å². The van der Waals surface area contributed by atoms with E-state index in [2.05, 4.69) is 30.1 Å². The maximum absolute atomic E-state index is 10.1. The summed E-state index contributed by atoms with van der Waals surface area (Å²) in [5.41, 5.74) is 3.42. The van der Waals surface area contributed by atoms with Gasteiger partial charge in [-0.3, -0.25) is 4.99 Å². The first-order valence-electron chi connectivity index (χ1n) is 7.19. The fourth-order valence-corrected chi connectivity index (χ4v) is 3.26. The van der Waals surface area contributed by atoms with E-state index in [0.29, 0.717) is 14.3 Å². The topological polar surface area (TPSA) is 35.8 Å². The SMILES string of the molecule is CN=Cc1cc(C)ccc1Pc1cc(N(C)C)ccc1O.[Cl][Ti][Cl]. The molecule has 0 saturated carbocycles. The van der Waals surface area contributed by atoms with Gasteiger partial charge in [0, 0.05) is 43.9 Å². The summed E-state index contributed by atoms with van der Waals surface area (Å²) in [6.07, 6.45) is 1.88. The number of benzene rings is 2. The minimum atomic E-state index is -0.556. The van der Waals surface area contributed by atoms with E-state index in [1.165, 1.54) is 10.9 Å². The van der Waals surface area contributed by atoms with Gasteiger partial charge < -0.3 is 10.0 Å². The van der Waals surface area contributed by atoms with Crippen LogP contribution in [0.25, 0.3) is 0 Å². The number of nitrogens with zero attached hydrogens (tertiary/aromatic N) is 2. The molecule has 3 nitrogen and oxygen atoms in total. The van der Waals surface area contributed by atoms with Gasteiger partial charge in [0.2, 0.25) is 0 Å². The van der Waals surface area contributed by atoms with E-state index in [-0.39, 0.29) is 0 Å². The van der Waals surface area contributed by atoms with Crippen LogP contribution in [-0.2, 0) is 17.0 Å². The molecule has 0 amide bonds. The third-order valence-electron chi connectivity index (χ3n) is 3.24. The molecule has 0 aliphatic rings. The van der Waals surface area contributed by atoms with E-state index < -0.39 is 17.0 Å². The molecular formula is C17H21Cl2N2OPTi. The zero-order valence-electron chi connectivity index (χ0n) is 14.1. The molecule has 24 heavy (non-hydrogen) atoms. The molecule has 0 heterocycles. The number of aliphatic imine (C=N–C) groups is 1. The fourth-order valence-electron chi connectivity index (χ4n) is 2.09. The molecule has 0 aromatic heterocycles. The van der Waals surface area contributed by atoms with Crippen LogP contribution in [0.5, 0.6) is 5.75 Å². The third-order valence-corrected chi connectivity index (χ3v) is 4.64. The number of phenols is 1. The van der Waals surface area contributed by atoms with Crippen LogP contribution in [0, 0.1) is 6.92 Å². The molecule has 0 bridgehead atoms. The predicted molar refractivity (Wildman–Crippen MR) is 106 cm³/mol. The Hall–Kier alpha value is -0.566. The van der Waals surface area contributed by atoms with Crippen molar-refractivity contribution >= 4 is 49.7 Å². The van der Waals surface area contributed by atoms with Gasteiger partial charge in [-0.15, -0.1) is 0 Å². The van der Waals surface area contributed by atoms with Crippen molar-refractivity contribution in [3.05, 3.63) is 47.5 Å². The van der Waals surface area contributed by atoms with Crippen LogP contribution in [0.2, 0.25) is 0 Å². The van der Waals surface area contributed by atoms with Crippen LogP contribution in [0.15, 0.2) is 41.4 Å². The molecule has 7 heteroatoms. The number of anilines is 1. The zero-order chi connectivity index (χ0) is 18.1. The average molecular weight is 419 g/mol. The van der Waals surface area contributed by atoms with Gasteiger partial charge in [0.1, 0.15) is 5.75 Å². The molecule has 0 spiro atoms. The Kier molecular flexibility index (Phi) is 9.96. The Morgan fingerprint density at radius 1 is 1.12 bits per heavy atom. The van der Waals surface area contributed by atoms with E-state index in [4.69, 9.17) is 18.6 Å². The van der Waals surface area contributed by atoms with E-state index in [9.17, 15) is 5.11 Å². The normalized spacial score (nSPS) is 10.8.